The average Bonchev–Trinajstić information content (AvgIpc) is 3.17. The van der Waals surface area contributed by atoms with E-state index in [1.54, 1.807) is 12.1 Å². The highest BCUT2D eigenvalue weighted by atomic mass is 32.1. The summed E-state index contributed by atoms with van der Waals surface area (Å²) in [5, 5.41) is 15.4. The first-order valence-corrected chi connectivity index (χ1v) is 10.0. The maximum absolute atomic E-state index is 11.0. The van der Waals surface area contributed by atoms with Crippen LogP contribution in [0.3, 0.4) is 0 Å². The Kier molecular flexibility index (Phi) is 5.11. The van der Waals surface area contributed by atoms with Crippen molar-refractivity contribution < 1.29 is 4.92 Å². The van der Waals surface area contributed by atoms with Crippen LogP contribution in [0.1, 0.15) is 49.4 Å². The van der Waals surface area contributed by atoms with Crippen LogP contribution in [0.15, 0.2) is 42.6 Å². The summed E-state index contributed by atoms with van der Waals surface area (Å²) >= 11 is 5.80. The maximum atomic E-state index is 11.0. The minimum Gasteiger partial charge on any atom is -0.360 e. The number of benzene rings is 1. The summed E-state index contributed by atoms with van der Waals surface area (Å²) in [6.07, 6.45) is 8.26. The van der Waals surface area contributed by atoms with Gasteiger partial charge in [-0.2, -0.15) is 0 Å². The molecule has 1 aromatic carbocycles. The fourth-order valence-electron chi connectivity index (χ4n) is 4.24. The summed E-state index contributed by atoms with van der Waals surface area (Å²) in [6, 6.07) is 11.4. The Morgan fingerprint density at radius 1 is 1.11 bits per heavy atom. The number of aromatic nitrogens is 1. The van der Waals surface area contributed by atoms with Gasteiger partial charge in [0.15, 0.2) is 5.11 Å². The van der Waals surface area contributed by atoms with Crippen LogP contribution in [0, 0.1) is 10.1 Å². The summed E-state index contributed by atoms with van der Waals surface area (Å²) in [5.41, 5.74) is 2.30. The van der Waals surface area contributed by atoms with Crippen LogP contribution < -0.4 is 5.32 Å². The van der Waals surface area contributed by atoms with E-state index in [-0.39, 0.29) is 16.7 Å². The van der Waals surface area contributed by atoms with Gasteiger partial charge in [0.05, 0.1) is 11.0 Å². The Balaban J connectivity index is 1.61. The molecule has 0 spiro atoms. The molecule has 4 rings (SSSR count). The monoisotopic (exact) mass is 384 g/mol. The molecule has 1 aliphatic heterocycles. The molecule has 2 aliphatic rings. The Morgan fingerprint density at radius 2 is 1.85 bits per heavy atom. The minimum atomic E-state index is -0.361. The van der Waals surface area contributed by atoms with E-state index in [1.807, 2.05) is 12.1 Å². The number of rotatable bonds is 3. The molecule has 0 radical (unpaired) electrons. The van der Waals surface area contributed by atoms with E-state index < -0.39 is 0 Å². The van der Waals surface area contributed by atoms with Crippen LogP contribution in [0.25, 0.3) is 0 Å². The van der Waals surface area contributed by atoms with Crippen LogP contribution in [0.4, 0.5) is 5.69 Å². The van der Waals surface area contributed by atoms with Crippen molar-refractivity contribution in [2.75, 3.05) is 6.54 Å². The molecule has 27 heavy (non-hydrogen) atoms. The number of nitro groups is 1. The van der Waals surface area contributed by atoms with E-state index in [9.17, 15) is 10.1 Å². The van der Waals surface area contributed by atoms with Crippen molar-refractivity contribution in [3.05, 3.63) is 64.0 Å². The predicted octanol–water partition coefficient (Wildman–Crippen LogP) is 4.01. The Hall–Kier alpha value is -2.41. The van der Waals surface area contributed by atoms with E-state index >= 15 is 0 Å². The lowest BCUT2D eigenvalue weighted by molar-refractivity contribution is -0.384. The van der Waals surface area contributed by atoms with Crippen LogP contribution >= 0.6 is 12.2 Å². The third-order valence-electron chi connectivity index (χ3n) is 5.65. The molecule has 1 aliphatic carbocycles. The zero-order chi connectivity index (χ0) is 18.8. The molecule has 1 unspecified atom stereocenters. The third-order valence-corrected chi connectivity index (χ3v) is 6.00. The smallest absolute Gasteiger partial charge is 0.269 e. The molecule has 2 heterocycles. The van der Waals surface area contributed by atoms with Gasteiger partial charge in [0.25, 0.3) is 5.69 Å². The van der Waals surface area contributed by atoms with Gasteiger partial charge in [-0.05, 0) is 54.9 Å². The number of thiocarbonyl (C=S) groups is 1. The highest BCUT2D eigenvalue weighted by molar-refractivity contribution is 7.80. The van der Waals surface area contributed by atoms with Crippen molar-refractivity contribution in [2.24, 2.45) is 0 Å². The predicted molar refractivity (Wildman–Crippen MR) is 109 cm³/mol. The van der Waals surface area contributed by atoms with Gasteiger partial charge in [-0.3, -0.25) is 10.1 Å². The number of fused-ring (bicyclic) bond motifs is 1. The lowest BCUT2D eigenvalue weighted by Gasteiger charge is -2.40. The van der Waals surface area contributed by atoms with Gasteiger partial charge in [-0.25, -0.2) is 0 Å². The molecule has 7 heteroatoms. The van der Waals surface area contributed by atoms with Gasteiger partial charge >= 0.3 is 0 Å². The maximum Gasteiger partial charge on any atom is 0.269 e. The highest BCUT2D eigenvalue weighted by Crippen LogP contribution is 2.33. The molecule has 6 nitrogen and oxygen atoms in total. The van der Waals surface area contributed by atoms with Gasteiger partial charge in [-0.15, -0.1) is 0 Å². The number of non-ortho nitro benzene ring substituents is 1. The molecule has 0 saturated heterocycles. The number of hydrogen-bond acceptors (Lipinski definition) is 3. The molecule has 142 valence electrons. The van der Waals surface area contributed by atoms with Crippen LogP contribution in [0.5, 0.6) is 0 Å². The number of hydrogen-bond donors (Lipinski definition) is 1. The first kappa shape index (κ1) is 18.0. The molecule has 0 amide bonds. The molecule has 1 N–H and O–H groups in total. The van der Waals surface area contributed by atoms with Crippen molar-refractivity contribution in [1.82, 2.24) is 14.8 Å². The first-order chi connectivity index (χ1) is 13.1. The lowest BCUT2D eigenvalue weighted by atomic mass is 9.95. The average molecular weight is 385 g/mol. The second kappa shape index (κ2) is 7.68. The minimum absolute atomic E-state index is 0.0295. The highest BCUT2D eigenvalue weighted by Gasteiger charge is 2.31. The molecule has 1 fully saturated rings. The molecular formula is C20H24N4O2S. The van der Waals surface area contributed by atoms with Gasteiger partial charge in [0, 0.05) is 43.2 Å². The topological polar surface area (TPSA) is 63.3 Å². The summed E-state index contributed by atoms with van der Waals surface area (Å²) in [4.78, 5) is 12.9. The Labute approximate surface area is 164 Å². The van der Waals surface area contributed by atoms with Gasteiger partial charge in [0.2, 0.25) is 0 Å². The summed E-state index contributed by atoms with van der Waals surface area (Å²) in [5.74, 6) is 0. The fourth-order valence-corrected chi connectivity index (χ4v) is 4.60. The van der Waals surface area contributed by atoms with Crippen molar-refractivity contribution >= 4 is 23.0 Å². The van der Waals surface area contributed by atoms with E-state index in [1.165, 1.54) is 37.8 Å². The van der Waals surface area contributed by atoms with E-state index in [4.69, 9.17) is 12.2 Å². The molecule has 1 atom stereocenters. The normalized spacial score (nSPS) is 20.1. The second-order valence-electron chi connectivity index (χ2n) is 7.36. The van der Waals surface area contributed by atoms with E-state index in [2.05, 4.69) is 33.1 Å². The zero-order valence-electron chi connectivity index (χ0n) is 15.2. The van der Waals surface area contributed by atoms with Crippen molar-refractivity contribution in [2.45, 2.75) is 50.7 Å². The molecule has 1 saturated carbocycles. The van der Waals surface area contributed by atoms with Crippen molar-refractivity contribution in [3.63, 3.8) is 0 Å². The van der Waals surface area contributed by atoms with Crippen molar-refractivity contribution in [3.8, 4) is 0 Å². The molecular weight excluding hydrogens is 360 g/mol. The van der Waals surface area contributed by atoms with Crippen LogP contribution in [-0.2, 0) is 6.54 Å². The first-order valence-electron chi connectivity index (χ1n) is 9.60. The van der Waals surface area contributed by atoms with Gasteiger partial charge in [0.1, 0.15) is 0 Å². The largest absolute Gasteiger partial charge is 0.360 e. The summed E-state index contributed by atoms with van der Waals surface area (Å²) in [6.45, 7) is 1.71. The lowest BCUT2D eigenvalue weighted by Crippen LogP contribution is -2.50. The number of nitro benzene ring substituents is 1. The van der Waals surface area contributed by atoms with E-state index in [0.29, 0.717) is 6.04 Å². The van der Waals surface area contributed by atoms with Gasteiger partial charge < -0.3 is 14.8 Å². The van der Waals surface area contributed by atoms with Crippen LogP contribution in [0.2, 0.25) is 0 Å². The molecule has 0 bridgehead atoms. The summed E-state index contributed by atoms with van der Waals surface area (Å²) in [7, 11) is 0. The molecule has 2 aromatic rings. The zero-order valence-corrected chi connectivity index (χ0v) is 16.0. The summed E-state index contributed by atoms with van der Waals surface area (Å²) < 4.78 is 2.24. The third kappa shape index (κ3) is 3.69. The number of nitrogens with one attached hydrogen (secondary N) is 1. The van der Waals surface area contributed by atoms with E-state index in [0.717, 1.165) is 23.8 Å². The fraction of sp³-hybridized carbons (Fsp3) is 0.450. The standard InChI is InChI=1S/C20H24N4O2S/c25-24(26)17-10-8-15(9-11-17)19-18-7-4-12-22(18)13-14-23(19)20(27)21-16-5-2-1-3-6-16/h4,7-12,16,19H,1-3,5-6,13-14H2,(H,21,27). The Morgan fingerprint density at radius 3 is 2.56 bits per heavy atom. The SMILES string of the molecule is O=[N+]([O-])c1ccc(C2c3cccn3CCN2C(=S)NC2CCCCC2)cc1. The number of nitrogens with zero attached hydrogens (tertiary/aromatic N) is 3. The second-order valence-corrected chi connectivity index (χ2v) is 7.74. The van der Waals surface area contributed by atoms with Gasteiger partial charge in [-0.1, -0.05) is 19.3 Å². The van der Waals surface area contributed by atoms with Crippen molar-refractivity contribution in [1.29, 1.82) is 0 Å². The quantitative estimate of drug-likeness (QED) is 0.492. The van der Waals surface area contributed by atoms with Crippen LogP contribution in [-0.4, -0.2) is 32.1 Å². The Bertz CT molecular complexity index is 827. The molecule has 1 aromatic heterocycles.